The Hall–Kier alpha value is -1.18. The van der Waals surface area contributed by atoms with E-state index in [0.717, 1.165) is 5.04 Å². The fraction of sp³-hybridized carbons (Fsp3) is 0.429. The predicted molar refractivity (Wildman–Crippen MR) is 88.4 cm³/mol. The van der Waals surface area contributed by atoms with Gasteiger partial charge in [-0.25, -0.2) is 0 Å². The zero-order chi connectivity index (χ0) is 15.5. The highest BCUT2D eigenvalue weighted by Crippen LogP contribution is 2.28. The Balaban J connectivity index is 2.07. The van der Waals surface area contributed by atoms with E-state index in [9.17, 15) is 15.0 Å². The third-order valence-electron chi connectivity index (χ3n) is 3.25. The Morgan fingerprint density at radius 1 is 1.57 bits per heavy atom. The van der Waals surface area contributed by atoms with Crippen molar-refractivity contribution in [3.8, 4) is 5.75 Å². The van der Waals surface area contributed by atoms with Crippen LogP contribution in [0.2, 0.25) is 0 Å². The number of nitrogens with one attached hydrogen (secondary N) is 1. The molecule has 0 aromatic heterocycles. The number of thioether (sulfide) groups is 2. The van der Waals surface area contributed by atoms with E-state index in [1.807, 2.05) is 18.4 Å². The first-order chi connectivity index (χ1) is 9.96. The molecule has 0 spiro atoms. The minimum absolute atomic E-state index is 0.0286. The number of para-hydroxylation sites is 1. The standard InChI is InChI=1S/C14H18N2O3S2/c1-14(13(18)19)8-21-11(16-14)7-15-12(20-2)9-5-3-4-6-10(9)17/h3-6,11,16-17H,7-8H2,1-2H3,(H,18,19)/t11-,14-/m1/s1. The van der Waals surface area contributed by atoms with Crippen molar-refractivity contribution in [3.63, 3.8) is 0 Å². The number of carbonyl (C=O) groups is 1. The molecule has 1 aliphatic heterocycles. The van der Waals surface area contributed by atoms with Gasteiger partial charge in [0.15, 0.2) is 0 Å². The van der Waals surface area contributed by atoms with Crippen molar-refractivity contribution >= 4 is 34.5 Å². The fourth-order valence-electron chi connectivity index (χ4n) is 2.01. The highest BCUT2D eigenvalue weighted by molar-refractivity contribution is 8.13. The van der Waals surface area contributed by atoms with Gasteiger partial charge in [-0.05, 0) is 25.3 Å². The highest BCUT2D eigenvalue weighted by Gasteiger charge is 2.41. The third-order valence-corrected chi connectivity index (χ3v) is 5.40. The highest BCUT2D eigenvalue weighted by atomic mass is 32.2. The number of phenols is 1. The molecule has 3 N–H and O–H groups in total. The summed E-state index contributed by atoms with van der Waals surface area (Å²) in [5.74, 6) is -0.117. The van der Waals surface area contributed by atoms with Gasteiger partial charge in [-0.3, -0.25) is 15.1 Å². The molecule has 21 heavy (non-hydrogen) atoms. The van der Waals surface area contributed by atoms with Crippen LogP contribution in [-0.4, -0.2) is 50.7 Å². The van der Waals surface area contributed by atoms with Crippen LogP contribution < -0.4 is 5.32 Å². The van der Waals surface area contributed by atoms with E-state index in [0.29, 0.717) is 17.9 Å². The normalized spacial score (nSPS) is 26.0. The number of aliphatic imine (C=N–C) groups is 1. The summed E-state index contributed by atoms with van der Waals surface area (Å²) in [6, 6.07) is 7.07. The Bertz CT molecular complexity index is 565. The van der Waals surface area contributed by atoms with Crippen molar-refractivity contribution < 1.29 is 15.0 Å². The first kappa shape index (κ1) is 16.2. The lowest BCUT2D eigenvalue weighted by atomic mass is 10.1. The number of aromatic hydroxyl groups is 1. The number of carboxylic acid groups (broad SMARTS) is 1. The van der Waals surface area contributed by atoms with Gasteiger partial charge in [-0.15, -0.1) is 23.5 Å². The van der Waals surface area contributed by atoms with E-state index >= 15 is 0 Å². The molecule has 114 valence electrons. The van der Waals surface area contributed by atoms with Crippen LogP contribution in [0.5, 0.6) is 5.75 Å². The molecule has 5 nitrogen and oxygen atoms in total. The predicted octanol–water partition coefficient (Wildman–Crippen LogP) is 2.01. The van der Waals surface area contributed by atoms with Crippen LogP contribution in [0.3, 0.4) is 0 Å². The number of nitrogens with zero attached hydrogens (tertiary/aromatic N) is 1. The Kier molecular flexibility index (Phi) is 5.18. The number of hydrogen-bond acceptors (Lipinski definition) is 6. The van der Waals surface area contributed by atoms with Gasteiger partial charge >= 0.3 is 5.97 Å². The maximum absolute atomic E-state index is 11.2. The number of phenolic OH excluding ortho intramolecular Hbond substituents is 1. The lowest BCUT2D eigenvalue weighted by Crippen LogP contribution is -2.49. The van der Waals surface area contributed by atoms with Gasteiger partial charge in [0.05, 0.1) is 11.9 Å². The van der Waals surface area contributed by atoms with E-state index in [-0.39, 0.29) is 11.1 Å². The molecule has 1 saturated heterocycles. The van der Waals surface area contributed by atoms with Gasteiger partial charge in [0.2, 0.25) is 0 Å². The van der Waals surface area contributed by atoms with Gasteiger partial charge in [0.25, 0.3) is 0 Å². The molecular formula is C14H18N2O3S2. The summed E-state index contributed by atoms with van der Waals surface area (Å²) in [6.45, 7) is 2.16. The van der Waals surface area contributed by atoms with Crippen LogP contribution in [0.4, 0.5) is 0 Å². The second kappa shape index (κ2) is 6.72. The SMILES string of the molecule is CSC(=NC[C@@H]1N[C@@](C)(C(=O)O)CS1)c1ccccc1O. The van der Waals surface area contributed by atoms with E-state index in [1.54, 1.807) is 30.8 Å². The van der Waals surface area contributed by atoms with Gasteiger partial charge in [0.1, 0.15) is 16.3 Å². The van der Waals surface area contributed by atoms with E-state index in [4.69, 9.17) is 0 Å². The molecule has 2 rings (SSSR count). The van der Waals surface area contributed by atoms with Crippen molar-refractivity contribution in [2.75, 3.05) is 18.6 Å². The largest absolute Gasteiger partial charge is 0.507 e. The van der Waals surface area contributed by atoms with Crippen molar-refractivity contribution in [2.24, 2.45) is 4.99 Å². The Morgan fingerprint density at radius 2 is 2.29 bits per heavy atom. The van der Waals surface area contributed by atoms with E-state index < -0.39 is 11.5 Å². The summed E-state index contributed by atoms with van der Waals surface area (Å²) in [5, 5.41) is 22.9. The Labute approximate surface area is 132 Å². The molecule has 0 amide bonds. The van der Waals surface area contributed by atoms with Crippen molar-refractivity contribution in [2.45, 2.75) is 17.8 Å². The van der Waals surface area contributed by atoms with Gasteiger partial charge in [-0.2, -0.15) is 0 Å². The van der Waals surface area contributed by atoms with Crippen LogP contribution in [0.1, 0.15) is 12.5 Å². The lowest BCUT2D eigenvalue weighted by Gasteiger charge is -2.18. The number of benzene rings is 1. The van der Waals surface area contributed by atoms with Gasteiger partial charge in [-0.1, -0.05) is 12.1 Å². The van der Waals surface area contributed by atoms with Crippen LogP contribution in [0.25, 0.3) is 0 Å². The summed E-state index contributed by atoms with van der Waals surface area (Å²) in [5.41, 5.74) is -0.187. The monoisotopic (exact) mass is 326 g/mol. The molecule has 1 heterocycles. The van der Waals surface area contributed by atoms with Gasteiger partial charge in [0, 0.05) is 11.3 Å². The van der Waals surface area contributed by atoms with Gasteiger partial charge < -0.3 is 10.2 Å². The number of aliphatic carboxylic acids is 1. The molecule has 0 bridgehead atoms. The van der Waals surface area contributed by atoms with Crippen molar-refractivity contribution in [1.82, 2.24) is 5.32 Å². The summed E-state index contributed by atoms with van der Waals surface area (Å²) >= 11 is 3.02. The molecule has 1 aromatic carbocycles. The van der Waals surface area contributed by atoms with Crippen LogP contribution >= 0.6 is 23.5 Å². The average molecular weight is 326 g/mol. The van der Waals surface area contributed by atoms with Crippen molar-refractivity contribution in [3.05, 3.63) is 29.8 Å². The zero-order valence-electron chi connectivity index (χ0n) is 11.9. The van der Waals surface area contributed by atoms with E-state index in [2.05, 4.69) is 10.3 Å². The molecule has 2 atom stereocenters. The summed E-state index contributed by atoms with van der Waals surface area (Å²) in [7, 11) is 0. The Morgan fingerprint density at radius 3 is 2.86 bits per heavy atom. The molecule has 1 aromatic rings. The minimum Gasteiger partial charge on any atom is -0.507 e. The summed E-state index contributed by atoms with van der Waals surface area (Å²) in [4.78, 5) is 15.7. The quantitative estimate of drug-likeness (QED) is 0.580. The molecule has 0 aliphatic carbocycles. The molecule has 0 radical (unpaired) electrons. The maximum atomic E-state index is 11.2. The summed E-state index contributed by atoms with van der Waals surface area (Å²) in [6.07, 6.45) is 1.90. The number of carboxylic acids is 1. The molecule has 1 aliphatic rings. The minimum atomic E-state index is -0.890. The fourth-order valence-corrected chi connectivity index (χ4v) is 3.87. The van der Waals surface area contributed by atoms with E-state index in [1.165, 1.54) is 11.8 Å². The molecule has 0 unspecified atom stereocenters. The summed E-state index contributed by atoms with van der Waals surface area (Å²) < 4.78 is 0. The first-order valence-corrected chi connectivity index (χ1v) is 8.73. The second-order valence-electron chi connectivity index (χ2n) is 4.95. The second-order valence-corrected chi connectivity index (χ2v) is 6.93. The van der Waals surface area contributed by atoms with Crippen LogP contribution in [-0.2, 0) is 4.79 Å². The maximum Gasteiger partial charge on any atom is 0.324 e. The average Bonchev–Trinajstić information content (AvgIpc) is 2.84. The number of rotatable bonds is 4. The van der Waals surface area contributed by atoms with Crippen molar-refractivity contribution in [1.29, 1.82) is 0 Å². The first-order valence-electron chi connectivity index (χ1n) is 6.46. The lowest BCUT2D eigenvalue weighted by molar-refractivity contribution is -0.142. The molecule has 0 saturated carbocycles. The molecular weight excluding hydrogens is 308 g/mol. The third kappa shape index (κ3) is 3.72. The smallest absolute Gasteiger partial charge is 0.324 e. The zero-order valence-corrected chi connectivity index (χ0v) is 13.5. The van der Waals surface area contributed by atoms with Crippen LogP contribution in [0, 0.1) is 0 Å². The van der Waals surface area contributed by atoms with Crippen LogP contribution in [0.15, 0.2) is 29.3 Å². The topological polar surface area (TPSA) is 81.9 Å². The molecule has 7 heteroatoms. The molecule has 1 fully saturated rings. The number of hydrogen-bond donors (Lipinski definition) is 3.